The van der Waals surface area contributed by atoms with Crippen molar-refractivity contribution >= 4 is 48.9 Å². The molecule has 0 aliphatic carbocycles. The summed E-state index contributed by atoms with van der Waals surface area (Å²) in [6, 6.07) is 12.9. The summed E-state index contributed by atoms with van der Waals surface area (Å²) >= 11 is 11.4. The van der Waals surface area contributed by atoms with Crippen molar-refractivity contribution in [2.75, 3.05) is 7.11 Å². The molecule has 2 N–H and O–H groups in total. The van der Waals surface area contributed by atoms with Gasteiger partial charge in [-0.15, -0.1) is 11.3 Å². The minimum atomic E-state index is -3.65. The summed E-state index contributed by atoms with van der Waals surface area (Å²) in [6.07, 6.45) is -0.384. The van der Waals surface area contributed by atoms with E-state index < -0.39 is 10.0 Å². The Bertz CT molecular complexity index is 1180. The Labute approximate surface area is 180 Å². The number of sulfonamides is 1. The van der Waals surface area contributed by atoms with Gasteiger partial charge in [0.1, 0.15) is 11.5 Å². The Morgan fingerprint density at radius 3 is 2.68 bits per heavy atom. The van der Waals surface area contributed by atoms with Gasteiger partial charge in [0.15, 0.2) is 6.10 Å². The second kappa shape index (κ2) is 7.35. The van der Waals surface area contributed by atoms with E-state index >= 15 is 0 Å². The van der Waals surface area contributed by atoms with Crippen LogP contribution in [0.2, 0.25) is 5.02 Å². The van der Waals surface area contributed by atoms with Crippen LogP contribution in [0, 0.1) is 0 Å². The number of nitrogens with two attached hydrogens (primary N) is 1. The highest BCUT2D eigenvalue weighted by atomic mass is 79.9. The van der Waals surface area contributed by atoms with Crippen LogP contribution in [0.4, 0.5) is 0 Å². The summed E-state index contributed by atoms with van der Waals surface area (Å²) in [7, 11) is -2.10. The van der Waals surface area contributed by atoms with Gasteiger partial charge in [0.2, 0.25) is 10.0 Å². The molecule has 1 aliphatic heterocycles. The molecule has 2 heterocycles. The van der Waals surface area contributed by atoms with Crippen LogP contribution in [0.25, 0.3) is 11.1 Å². The third kappa shape index (κ3) is 3.67. The van der Waals surface area contributed by atoms with Crippen LogP contribution in [-0.2, 0) is 15.8 Å². The summed E-state index contributed by atoms with van der Waals surface area (Å²) < 4.78 is 36.0. The van der Waals surface area contributed by atoms with E-state index in [4.69, 9.17) is 26.2 Å². The van der Waals surface area contributed by atoms with Crippen molar-refractivity contribution in [1.82, 2.24) is 0 Å². The van der Waals surface area contributed by atoms with Gasteiger partial charge in [-0.3, -0.25) is 0 Å². The molecule has 5 nitrogen and oxygen atoms in total. The van der Waals surface area contributed by atoms with E-state index in [1.165, 1.54) is 0 Å². The maximum absolute atomic E-state index is 11.6. The summed E-state index contributed by atoms with van der Waals surface area (Å²) in [4.78, 5) is 0.987. The largest absolute Gasteiger partial charge is 0.494 e. The lowest BCUT2D eigenvalue weighted by Crippen LogP contribution is -2.17. The van der Waals surface area contributed by atoms with E-state index in [0.717, 1.165) is 25.4 Å². The average molecular weight is 501 g/mol. The fourth-order valence-electron chi connectivity index (χ4n) is 3.34. The highest BCUT2D eigenvalue weighted by molar-refractivity contribution is 9.11. The molecular weight excluding hydrogens is 486 g/mol. The predicted octanol–water partition coefficient (Wildman–Crippen LogP) is 5.11. The van der Waals surface area contributed by atoms with Gasteiger partial charge < -0.3 is 9.47 Å². The SMILES string of the molecule is COc1c(Cl)ccc2c1-c1ccc(CS(N)(=O)=O)cc1C(c1ccc(Br)s1)O2. The first-order valence-electron chi connectivity index (χ1n) is 8.19. The molecule has 0 radical (unpaired) electrons. The van der Waals surface area contributed by atoms with Crippen LogP contribution in [0.3, 0.4) is 0 Å². The molecule has 0 amide bonds. The van der Waals surface area contributed by atoms with Gasteiger partial charge in [-0.1, -0.05) is 29.8 Å². The molecular formula is C19H15BrClNO4S2. The van der Waals surface area contributed by atoms with E-state index in [2.05, 4.69) is 15.9 Å². The fraction of sp³-hybridized carbons (Fsp3) is 0.158. The zero-order valence-electron chi connectivity index (χ0n) is 14.6. The lowest BCUT2D eigenvalue weighted by molar-refractivity contribution is 0.246. The molecule has 0 fully saturated rings. The first-order chi connectivity index (χ1) is 13.3. The highest BCUT2D eigenvalue weighted by Crippen LogP contribution is 2.52. The number of hydrogen-bond donors (Lipinski definition) is 1. The molecule has 4 rings (SSSR count). The lowest BCUT2D eigenvalue weighted by atomic mass is 9.90. The Morgan fingerprint density at radius 2 is 2.04 bits per heavy atom. The molecule has 1 unspecified atom stereocenters. The van der Waals surface area contributed by atoms with Crippen molar-refractivity contribution in [2.45, 2.75) is 11.9 Å². The maximum Gasteiger partial charge on any atom is 0.213 e. The molecule has 1 aliphatic rings. The third-order valence-electron chi connectivity index (χ3n) is 4.41. The number of hydrogen-bond acceptors (Lipinski definition) is 5. The smallest absolute Gasteiger partial charge is 0.213 e. The van der Waals surface area contributed by atoms with E-state index in [9.17, 15) is 8.42 Å². The van der Waals surface area contributed by atoms with E-state index in [0.29, 0.717) is 22.1 Å². The average Bonchev–Trinajstić information content (AvgIpc) is 3.05. The number of ether oxygens (including phenoxy) is 2. The van der Waals surface area contributed by atoms with E-state index in [-0.39, 0.29) is 11.9 Å². The maximum atomic E-state index is 11.6. The van der Waals surface area contributed by atoms with Gasteiger partial charge in [-0.2, -0.15) is 0 Å². The van der Waals surface area contributed by atoms with Crippen molar-refractivity contribution in [3.8, 4) is 22.6 Å². The summed E-state index contributed by atoms with van der Waals surface area (Å²) in [5, 5.41) is 5.71. The van der Waals surface area contributed by atoms with Crippen molar-refractivity contribution in [1.29, 1.82) is 0 Å². The number of benzene rings is 2. The van der Waals surface area contributed by atoms with Gasteiger partial charge in [0.05, 0.1) is 32.1 Å². The van der Waals surface area contributed by atoms with Gasteiger partial charge >= 0.3 is 0 Å². The van der Waals surface area contributed by atoms with Crippen molar-refractivity contribution < 1.29 is 17.9 Å². The van der Waals surface area contributed by atoms with Gasteiger partial charge in [0.25, 0.3) is 0 Å². The number of rotatable bonds is 4. The quantitative estimate of drug-likeness (QED) is 0.540. The predicted molar refractivity (Wildman–Crippen MR) is 115 cm³/mol. The molecule has 0 saturated carbocycles. The lowest BCUT2D eigenvalue weighted by Gasteiger charge is -2.30. The Balaban J connectivity index is 1.95. The number of fused-ring (bicyclic) bond motifs is 3. The number of methoxy groups -OCH3 is 1. The normalized spacial score (nSPS) is 15.5. The summed E-state index contributed by atoms with van der Waals surface area (Å²) in [5.74, 6) is 0.925. The molecule has 1 aromatic heterocycles. The molecule has 3 aromatic rings. The zero-order chi connectivity index (χ0) is 20.1. The standard InChI is InChI=1S/C19H15BrClNO4S2/c1-25-19-13(21)4-5-14-17(19)11-3-2-10(9-28(22,23)24)8-12(11)18(26-14)15-6-7-16(20)27-15/h2-8,18H,9H2,1H3,(H2,22,23,24). The molecule has 0 bridgehead atoms. The Hall–Kier alpha value is -1.58. The van der Waals surface area contributed by atoms with Crippen LogP contribution < -0.4 is 14.6 Å². The van der Waals surface area contributed by atoms with Crippen LogP contribution in [0.1, 0.15) is 22.1 Å². The van der Waals surface area contributed by atoms with Crippen molar-refractivity contribution in [2.24, 2.45) is 5.14 Å². The first-order valence-corrected chi connectivity index (χ1v) is 11.9. The fourth-order valence-corrected chi connectivity index (χ4v) is 5.69. The first kappa shape index (κ1) is 19.7. The van der Waals surface area contributed by atoms with E-state index in [1.807, 2.05) is 30.3 Å². The Kier molecular flexibility index (Phi) is 5.18. The third-order valence-corrected chi connectivity index (χ3v) is 7.11. The molecule has 0 saturated heterocycles. The van der Waals surface area contributed by atoms with Gasteiger partial charge in [-0.05, 0) is 51.3 Å². The van der Waals surface area contributed by atoms with Gasteiger partial charge in [0, 0.05) is 5.56 Å². The number of thiophene rings is 1. The monoisotopic (exact) mass is 499 g/mol. The summed E-state index contributed by atoms with van der Waals surface area (Å²) in [6.45, 7) is 0. The molecule has 0 spiro atoms. The van der Waals surface area contributed by atoms with Crippen molar-refractivity contribution in [3.05, 3.63) is 67.3 Å². The van der Waals surface area contributed by atoms with Crippen LogP contribution in [0.15, 0.2) is 46.3 Å². The summed E-state index contributed by atoms with van der Waals surface area (Å²) in [5.41, 5.74) is 3.06. The number of halogens is 2. The highest BCUT2D eigenvalue weighted by Gasteiger charge is 2.32. The van der Waals surface area contributed by atoms with Crippen LogP contribution in [0.5, 0.6) is 11.5 Å². The minimum absolute atomic E-state index is 0.249. The van der Waals surface area contributed by atoms with E-state index in [1.54, 1.807) is 30.6 Å². The number of primary sulfonamides is 1. The molecule has 146 valence electrons. The molecule has 28 heavy (non-hydrogen) atoms. The second-order valence-electron chi connectivity index (χ2n) is 6.32. The Morgan fingerprint density at radius 1 is 1.25 bits per heavy atom. The minimum Gasteiger partial charge on any atom is -0.494 e. The molecule has 2 aromatic carbocycles. The van der Waals surface area contributed by atoms with Crippen LogP contribution in [-0.4, -0.2) is 15.5 Å². The second-order valence-corrected chi connectivity index (χ2v) is 10.8. The molecule has 1 atom stereocenters. The van der Waals surface area contributed by atoms with Gasteiger partial charge in [-0.25, -0.2) is 13.6 Å². The zero-order valence-corrected chi connectivity index (χ0v) is 18.6. The van der Waals surface area contributed by atoms with Crippen molar-refractivity contribution in [3.63, 3.8) is 0 Å². The molecule has 9 heteroatoms. The van der Waals surface area contributed by atoms with Crippen LogP contribution >= 0.6 is 38.9 Å². The topological polar surface area (TPSA) is 78.6 Å².